The maximum Gasteiger partial charge on any atom is 0.176 e. The van der Waals surface area contributed by atoms with E-state index in [1.54, 1.807) is 11.0 Å². The van der Waals surface area contributed by atoms with E-state index in [9.17, 15) is 0 Å². The van der Waals surface area contributed by atoms with Crippen LogP contribution in [0.3, 0.4) is 0 Å². The molecule has 0 spiro atoms. The van der Waals surface area contributed by atoms with Crippen LogP contribution in [0.25, 0.3) is 5.65 Å². The third kappa shape index (κ3) is 1.57. The Labute approximate surface area is 93.9 Å². The van der Waals surface area contributed by atoms with E-state index in [-0.39, 0.29) is 0 Å². The fourth-order valence-corrected chi connectivity index (χ4v) is 2.36. The van der Waals surface area contributed by atoms with Gasteiger partial charge in [-0.2, -0.15) is 5.10 Å². The fraction of sp³-hybridized carbons (Fsp3) is 0.545. The van der Waals surface area contributed by atoms with Crippen LogP contribution in [0.4, 0.5) is 0 Å². The molecular formula is C11H15N5. The van der Waals surface area contributed by atoms with E-state index < -0.39 is 0 Å². The molecule has 1 aliphatic rings. The summed E-state index contributed by atoms with van der Waals surface area (Å²) in [5.74, 6) is 0.565. The van der Waals surface area contributed by atoms with Gasteiger partial charge >= 0.3 is 0 Å². The van der Waals surface area contributed by atoms with Gasteiger partial charge in [0, 0.05) is 5.92 Å². The Morgan fingerprint density at radius 2 is 2.19 bits per heavy atom. The Hall–Kier alpha value is -1.49. The molecule has 0 unspecified atom stereocenters. The van der Waals surface area contributed by atoms with Crippen molar-refractivity contribution in [3.05, 3.63) is 23.7 Å². The maximum atomic E-state index is 4.57. The third-order valence-corrected chi connectivity index (χ3v) is 3.23. The lowest BCUT2D eigenvalue weighted by molar-refractivity contribution is 0.446. The first kappa shape index (κ1) is 9.72. The topological polar surface area (TPSA) is 55.1 Å². The quantitative estimate of drug-likeness (QED) is 0.771. The van der Waals surface area contributed by atoms with Gasteiger partial charge < -0.3 is 5.32 Å². The van der Waals surface area contributed by atoms with Gasteiger partial charge in [-0.15, -0.1) is 9.73 Å². The summed E-state index contributed by atoms with van der Waals surface area (Å²) < 4.78 is 1.63. The second-order valence-electron chi connectivity index (χ2n) is 4.34. The van der Waals surface area contributed by atoms with E-state index >= 15 is 0 Å². The SMILES string of the molecule is Cc1cc2ncnn2nc1C1CCNCC1. The van der Waals surface area contributed by atoms with Gasteiger partial charge in [0.05, 0.1) is 5.69 Å². The molecule has 0 aromatic carbocycles. The highest BCUT2D eigenvalue weighted by molar-refractivity contribution is 5.40. The van der Waals surface area contributed by atoms with Crippen LogP contribution < -0.4 is 5.32 Å². The first-order valence-corrected chi connectivity index (χ1v) is 5.73. The number of nitrogens with one attached hydrogen (secondary N) is 1. The standard InChI is InChI=1S/C11H15N5/c1-8-6-10-13-7-14-16(10)15-11(8)9-2-4-12-5-3-9/h6-7,9,12H,2-5H2,1H3. The summed E-state index contributed by atoms with van der Waals surface area (Å²) in [5.41, 5.74) is 3.24. The lowest BCUT2D eigenvalue weighted by Crippen LogP contribution is -2.27. The molecule has 16 heavy (non-hydrogen) atoms. The number of aryl methyl sites for hydroxylation is 1. The molecule has 84 valence electrons. The minimum absolute atomic E-state index is 0.565. The highest BCUT2D eigenvalue weighted by Crippen LogP contribution is 2.25. The average molecular weight is 217 g/mol. The number of hydrogen-bond acceptors (Lipinski definition) is 4. The Kier molecular flexibility index (Phi) is 2.32. The summed E-state index contributed by atoms with van der Waals surface area (Å²) in [7, 11) is 0. The van der Waals surface area contributed by atoms with Crippen LogP contribution in [0, 0.1) is 6.92 Å². The zero-order valence-corrected chi connectivity index (χ0v) is 9.35. The van der Waals surface area contributed by atoms with E-state index in [2.05, 4.69) is 33.5 Å². The van der Waals surface area contributed by atoms with E-state index in [4.69, 9.17) is 0 Å². The largest absolute Gasteiger partial charge is 0.317 e. The van der Waals surface area contributed by atoms with Crippen molar-refractivity contribution in [2.75, 3.05) is 13.1 Å². The van der Waals surface area contributed by atoms with Crippen molar-refractivity contribution < 1.29 is 0 Å². The molecule has 5 heteroatoms. The molecule has 0 saturated carbocycles. The zero-order valence-electron chi connectivity index (χ0n) is 9.35. The van der Waals surface area contributed by atoms with Gasteiger partial charge in [-0.1, -0.05) is 0 Å². The van der Waals surface area contributed by atoms with E-state index in [1.807, 2.05) is 0 Å². The number of piperidine rings is 1. The molecule has 0 atom stereocenters. The summed E-state index contributed by atoms with van der Waals surface area (Å²) in [6.07, 6.45) is 3.87. The lowest BCUT2D eigenvalue weighted by atomic mass is 9.92. The second kappa shape index (κ2) is 3.83. The minimum atomic E-state index is 0.565. The van der Waals surface area contributed by atoms with E-state index in [1.165, 1.54) is 11.3 Å². The first-order chi connectivity index (χ1) is 7.84. The van der Waals surface area contributed by atoms with Gasteiger partial charge in [0.1, 0.15) is 6.33 Å². The lowest BCUT2D eigenvalue weighted by Gasteiger charge is -2.23. The van der Waals surface area contributed by atoms with E-state index in [0.29, 0.717) is 5.92 Å². The molecule has 3 rings (SSSR count). The summed E-state index contributed by atoms with van der Waals surface area (Å²) in [5, 5.41) is 12.0. The van der Waals surface area contributed by atoms with Crippen molar-refractivity contribution in [2.45, 2.75) is 25.7 Å². The maximum absolute atomic E-state index is 4.57. The van der Waals surface area contributed by atoms with Gasteiger partial charge in [0.25, 0.3) is 0 Å². The minimum Gasteiger partial charge on any atom is -0.317 e. The van der Waals surface area contributed by atoms with Crippen molar-refractivity contribution in [1.29, 1.82) is 0 Å². The first-order valence-electron chi connectivity index (χ1n) is 5.73. The van der Waals surface area contributed by atoms with Gasteiger partial charge in [-0.05, 0) is 44.5 Å². The van der Waals surface area contributed by atoms with E-state index in [0.717, 1.165) is 31.6 Å². The second-order valence-corrected chi connectivity index (χ2v) is 4.34. The number of aromatic nitrogens is 4. The highest BCUT2D eigenvalue weighted by Gasteiger charge is 2.19. The monoisotopic (exact) mass is 217 g/mol. The fourth-order valence-electron chi connectivity index (χ4n) is 2.36. The summed E-state index contributed by atoms with van der Waals surface area (Å²) in [4.78, 5) is 4.14. The summed E-state index contributed by atoms with van der Waals surface area (Å²) >= 11 is 0. The number of hydrogen-bond donors (Lipinski definition) is 1. The van der Waals surface area contributed by atoms with Crippen LogP contribution in [-0.4, -0.2) is 32.9 Å². The van der Waals surface area contributed by atoms with Crippen molar-refractivity contribution >= 4 is 5.65 Å². The molecule has 3 heterocycles. The Morgan fingerprint density at radius 3 is 3.00 bits per heavy atom. The zero-order chi connectivity index (χ0) is 11.0. The highest BCUT2D eigenvalue weighted by atomic mass is 15.4. The molecular weight excluding hydrogens is 202 g/mol. The van der Waals surface area contributed by atoms with Crippen LogP contribution in [0.2, 0.25) is 0 Å². The molecule has 5 nitrogen and oxygen atoms in total. The van der Waals surface area contributed by atoms with Crippen LogP contribution in [0.15, 0.2) is 12.4 Å². The van der Waals surface area contributed by atoms with Crippen molar-refractivity contribution in [3.63, 3.8) is 0 Å². The summed E-state index contributed by atoms with van der Waals surface area (Å²) in [6.45, 7) is 4.28. The molecule has 2 aromatic rings. The van der Waals surface area contributed by atoms with Crippen LogP contribution >= 0.6 is 0 Å². The van der Waals surface area contributed by atoms with Gasteiger partial charge in [-0.25, -0.2) is 4.98 Å². The Balaban J connectivity index is 2.03. The normalized spacial score (nSPS) is 18.1. The number of rotatable bonds is 1. The molecule has 2 aromatic heterocycles. The van der Waals surface area contributed by atoms with Gasteiger partial charge in [0.2, 0.25) is 0 Å². The van der Waals surface area contributed by atoms with Crippen molar-refractivity contribution in [2.24, 2.45) is 0 Å². The third-order valence-electron chi connectivity index (χ3n) is 3.23. The van der Waals surface area contributed by atoms with Crippen LogP contribution in [0.5, 0.6) is 0 Å². The number of nitrogens with zero attached hydrogens (tertiary/aromatic N) is 4. The van der Waals surface area contributed by atoms with Gasteiger partial charge in [-0.3, -0.25) is 0 Å². The molecule has 0 aliphatic carbocycles. The predicted molar refractivity (Wildman–Crippen MR) is 60.4 cm³/mol. The summed E-state index contributed by atoms with van der Waals surface area (Å²) in [6, 6.07) is 2.07. The van der Waals surface area contributed by atoms with Crippen LogP contribution in [-0.2, 0) is 0 Å². The van der Waals surface area contributed by atoms with Crippen molar-refractivity contribution in [3.8, 4) is 0 Å². The van der Waals surface area contributed by atoms with Gasteiger partial charge in [0.15, 0.2) is 5.65 Å². The Bertz CT molecular complexity index is 498. The molecule has 0 bridgehead atoms. The smallest absolute Gasteiger partial charge is 0.176 e. The average Bonchev–Trinajstić information content (AvgIpc) is 2.76. The molecule has 1 fully saturated rings. The molecule has 1 saturated heterocycles. The predicted octanol–water partition coefficient (Wildman–Crippen LogP) is 0.900. The molecule has 1 aliphatic heterocycles. The van der Waals surface area contributed by atoms with Crippen LogP contribution in [0.1, 0.15) is 30.0 Å². The molecule has 0 radical (unpaired) electrons. The van der Waals surface area contributed by atoms with Crippen molar-refractivity contribution in [1.82, 2.24) is 25.1 Å². The Morgan fingerprint density at radius 1 is 1.38 bits per heavy atom. The number of fused-ring (bicyclic) bond motifs is 1. The molecule has 1 N–H and O–H groups in total. The molecule has 0 amide bonds.